The molecule has 0 aliphatic carbocycles. The molecule has 0 heterocycles. The van der Waals surface area contributed by atoms with Crippen molar-refractivity contribution in [1.29, 1.82) is 0 Å². The first-order chi connectivity index (χ1) is 5.85. The van der Waals surface area contributed by atoms with E-state index in [4.69, 9.17) is 10.5 Å². The monoisotopic (exact) mass is 173 g/mol. The third-order valence-electron chi connectivity index (χ3n) is 2.05. The summed E-state index contributed by atoms with van der Waals surface area (Å²) < 4.78 is 5.41. The van der Waals surface area contributed by atoms with E-state index >= 15 is 0 Å². The topological polar surface area (TPSA) is 35.2 Å². The van der Waals surface area contributed by atoms with E-state index in [9.17, 15) is 0 Å². The minimum Gasteiger partial charge on any atom is -0.381 e. The summed E-state index contributed by atoms with van der Waals surface area (Å²) in [4.78, 5) is 0. The second-order valence-corrected chi connectivity index (χ2v) is 3.29. The second kappa shape index (κ2) is 9.01. The van der Waals surface area contributed by atoms with Crippen LogP contribution in [0.25, 0.3) is 0 Å². The zero-order valence-electron chi connectivity index (χ0n) is 8.51. The maximum atomic E-state index is 5.62. The zero-order chi connectivity index (χ0) is 9.23. The Balaban J connectivity index is 3.19. The van der Waals surface area contributed by atoms with Gasteiger partial charge in [0.25, 0.3) is 0 Å². The Morgan fingerprint density at radius 1 is 1.08 bits per heavy atom. The molecule has 2 nitrogen and oxygen atoms in total. The molecule has 0 fully saturated rings. The van der Waals surface area contributed by atoms with E-state index in [1.165, 1.54) is 12.8 Å². The molecule has 0 aliphatic heterocycles. The maximum absolute atomic E-state index is 5.62. The Morgan fingerprint density at radius 2 is 1.83 bits per heavy atom. The quantitative estimate of drug-likeness (QED) is 0.571. The molecule has 0 aromatic heterocycles. The van der Waals surface area contributed by atoms with Gasteiger partial charge in [0.05, 0.1) is 0 Å². The molecule has 0 bridgehead atoms. The predicted octanol–water partition coefficient (Wildman–Crippen LogP) is 2.18. The normalized spacial score (nSPS) is 13.2. The average molecular weight is 173 g/mol. The van der Waals surface area contributed by atoms with Gasteiger partial charge in [0, 0.05) is 13.2 Å². The van der Waals surface area contributed by atoms with Gasteiger partial charge in [0.1, 0.15) is 0 Å². The molecular formula is C10H23NO. The zero-order valence-corrected chi connectivity index (χ0v) is 8.51. The summed E-state index contributed by atoms with van der Waals surface area (Å²) >= 11 is 0. The van der Waals surface area contributed by atoms with E-state index in [0.29, 0.717) is 5.92 Å². The van der Waals surface area contributed by atoms with Crippen molar-refractivity contribution in [2.45, 2.75) is 39.5 Å². The lowest BCUT2D eigenvalue weighted by Gasteiger charge is -2.12. The summed E-state index contributed by atoms with van der Waals surface area (Å²) in [7, 11) is 0. The standard InChI is InChI=1S/C10H23NO/c1-3-5-10(9-11)6-8-12-7-4-2/h10H,3-9,11H2,1-2H3. The van der Waals surface area contributed by atoms with Gasteiger partial charge in [-0.1, -0.05) is 20.3 Å². The van der Waals surface area contributed by atoms with Crippen molar-refractivity contribution in [2.24, 2.45) is 11.7 Å². The molecule has 0 aromatic carbocycles. The Morgan fingerprint density at radius 3 is 2.33 bits per heavy atom. The number of hydrogen-bond donors (Lipinski definition) is 1. The highest BCUT2D eigenvalue weighted by Crippen LogP contribution is 2.09. The van der Waals surface area contributed by atoms with Crippen LogP contribution in [-0.2, 0) is 4.74 Å². The molecule has 0 aromatic rings. The molecule has 0 radical (unpaired) electrons. The van der Waals surface area contributed by atoms with Crippen LogP contribution in [0.4, 0.5) is 0 Å². The Kier molecular flexibility index (Phi) is 8.95. The molecule has 12 heavy (non-hydrogen) atoms. The third kappa shape index (κ3) is 6.62. The second-order valence-electron chi connectivity index (χ2n) is 3.29. The number of nitrogens with two attached hydrogens (primary N) is 1. The molecule has 1 unspecified atom stereocenters. The lowest BCUT2D eigenvalue weighted by molar-refractivity contribution is 0.120. The minimum atomic E-state index is 0.673. The van der Waals surface area contributed by atoms with Crippen LogP contribution in [0.15, 0.2) is 0 Å². The molecule has 0 amide bonds. The Labute approximate surface area is 76.5 Å². The number of ether oxygens (including phenoxy) is 1. The molecule has 0 rings (SSSR count). The van der Waals surface area contributed by atoms with Crippen molar-refractivity contribution in [1.82, 2.24) is 0 Å². The summed E-state index contributed by atoms with van der Waals surface area (Å²) in [5.41, 5.74) is 5.62. The summed E-state index contributed by atoms with van der Waals surface area (Å²) in [6, 6.07) is 0. The van der Waals surface area contributed by atoms with Gasteiger partial charge >= 0.3 is 0 Å². The number of hydrogen-bond acceptors (Lipinski definition) is 2. The third-order valence-corrected chi connectivity index (χ3v) is 2.05. The van der Waals surface area contributed by atoms with Crippen molar-refractivity contribution in [3.63, 3.8) is 0 Å². The van der Waals surface area contributed by atoms with Gasteiger partial charge in [0.15, 0.2) is 0 Å². The van der Waals surface area contributed by atoms with E-state index < -0.39 is 0 Å². The first-order valence-electron chi connectivity index (χ1n) is 5.12. The van der Waals surface area contributed by atoms with Crippen LogP contribution in [0.3, 0.4) is 0 Å². The smallest absolute Gasteiger partial charge is 0.0469 e. The SMILES string of the molecule is CCCOCCC(CN)CCC. The lowest BCUT2D eigenvalue weighted by Crippen LogP contribution is -2.16. The number of rotatable bonds is 8. The van der Waals surface area contributed by atoms with E-state index in [2.05, 4.69) is 13.8 Å². The summed E-state index contributed by atoms with van der Waals surface area (Å²) in [6.45, 7) is 6.92. The summed E-state index contributed by atoms with van der Waals surface area (Å²) in [5, 5.41) is 0. The van der Waals surface area contributed by atoms with E-state index in [-0.39, 0.29) is 0 Å². The van der Waals surface area contributed by atoms with Gasteiger partial charge < -0.3 is 10.5 Å². The van der Waals surface area contributed by atoms with Gasteiger partial charge in [0.2, 0.25) is 0 Å². The fraction of sp³-hybridized carbons (Fsp3) is 1.00. The van der Waals surface area contributed by atoms with Crippen LogP contribution < -0.4 is 5.73 Å². The molecule has 0 saturated heterocycles. The maximum Gasteiger partial charge on any atom is 0.0469 e. The molecule has 0 spiro atoms. The molecule has 0 aliphatic rings. The van der Waals surface area contributed by atoms with Gasteiger partial charge in [-0.2, -0.15) is 0 Å². The van der Waals surface area contributed by atoms with Gasteiger partial charge in [-0.25, -0.2) is 0 Å². The largest absolute Gasteiger partial charge is 0.381 e. The molecular weight excluding hydrogens is 150 g/mol. The highest BCUT2D eigenvalue weighted by Gasteiger charge is 2.04. The van der Waals surface area contributed by atoms with E-state index in [1.54, 1.807) is 0 Å². The van der Waals surface area contributed by atoms with Crippen LogP contribution in [0, 0.1) is 5.92 Å². The summed E-state index contributed by atoms with van der Waals surface area (Å²) in [5.74, 6) is 0.673. The summed E-state index contributed by atoms with van der Waals surface area (Å²) in [6.07, 6.45) is 4.72. The highest BCUT2D eigenvalue weighted by molar-refractivity contribution is 4.58. The van der Waals surface area contributed by atoms with Gasteiger partial charge in [-0.3, -0.25) is 0 Å². The van der Waals surface area contributed by atoms with Crippen LogP contribution >= 0.6 is 0 Å². The first-order valence-corrected chi connectivity index (χ1v) is 5.12. The first kappa shape index (κ1) is 11.9. The minimum absolute atomic E-state index is 0.673. The molecule has 1 atom stereocenters. The lowest BCUT2D eigenvalue weighted by atomic mass is 10.0. The van der Waals surface area contributed by atoms with Crippen molar-refractivity contribution >= 4 is 0 Å². The Bertz CT molecular complexity index is 85.9. The highest BCUT2D eigenvalue weighted by atomic mass is 16.5. The fourth-order valence-corrected chi connectivity index (χ4v) is 1.28. The average Bonchev–Trinajstić information content (AvgIpc) is 2.10. The van der Waals surface area contributed by atoms with E-state index in [0.717, 1.165) is 32.6 Å². The fourth-order valence-electron chi connectivity index (χ4n) is 1.28. The van der Waals surface area contributed by atoms with Crippen LogP contribution in [0.1, 0.15) is 39.5 Å². The van der Waals surface area contributed by atoms with Crippen molar-refractivity contribution in [2.75, 3.05) is 19.8 Å². The molecule has 2 heteroatoms. The van der Waals surface area contributed by atoms with Crippen LogP contribution in [0.2, 0.25) is 0 Å². The molecule has 0 saturated carbocycles. The Hall–Kier alpha value is -0.0800. The van der Waals surface area contributed by atoms with Crippen molar-refractivity contribution in [3.8, 4) is 0 Å². The van der Waals surface area contributed by atoms with Gasteiger partial charge in [-0.05, 0) is 31.7 Å². The van der Waals surface area contributed by atoms with Crippen LogP contribution in [-0.4, -0.2) is 19.8 Å². The van der Waals surface area contributed by atoms with E-state index in [1.807, 2.05) is 0 Å². The van der Waals surface area contributed by atoms with Gasteiger partial charge in [-0.15, -0.1) is 0 Å². The van der Waals surface area contributed by atoms with Crippen molar-refractivity contribution < 1.29 is 4.74 Å². The predicted molar refractivity (Wildman–Crippen MR) is 53.2 cm³/mol. The molecule has 74 valence electrons. The van der Waals surface area contributed by atoms with Crippen molar-refractivity contribution in [3.05, 3.63) is 0 Å². The molecule has 2 N–H and O–H groups in total. The van der Waals surface area contributed by atoms with Crippen LogP contribution in [0.5, 0.6) is 0 Å².